The van der Waals surface area contributed by atoms with Crippen molar-refractivity contribution in [1.82, 2.24) is 4.90 Å². The van der Waals surface area contributed by atoms with Gasteiger partial charge in [0.15, 0.2) is 0 Å². The molecule has 1 saturated heterocycles. The van der Waals surface area contributed by atoms with Crippen molar-refractivity contribution < 1.29 is 14.6 Å². The van der Waals surface area contributed by atoms with Crippen molar-refractivity contribution in [3.8, 4) is 0 Å². The number of hydrogen-bond donors (Lipinski definition) is 1. The Morgan fingerprint density at radius 3 is 2.95 bits per heavy atom. The van der Waals surface area contributed by atoms with Crippen LogP contribution in [0.25, 0.3) is 0 Å². The molecule has 0 amide bonds. The quantitative estimate of drug-likeness (QED) is 0.869. The van der Waals surface area contributed by atoms with E-state index in [-0.39, 0.29) is 5.97 Å². The van der Waals surface area contributed by atoms with E-state index < -0.39 is 12.1 Å². The lowest BCUT2D eigenvalue weighted by Crippen LogP contribution is -2.36. The first-order valence-corrected chi connectivity index (χ1v) is 6.70. The Morgan fingerprint density at radius 1 is 1.53 bits per heavy atom. The molecule has 0 bridgehead atoms. The molecule has 0 aromatic heterocycles. The fourth-order valence-electron chi connectivity index (χ4n) is 2.32. The smallest absolute Gasteiger partial charge is 0.323 e. The molecule has 2 atom stereocenters. The molecule has 4 nitrogen and oxygen atoms in total. The second-order valence-electron chi connectivity index (χ2n) is 4.59. The predicted molar refractivity (Wildman–Crippen MR) is 73.3 cm³/mol. The fourth-order valence-corrected chi connectivity index (χ4v) is 2.69. The lowest BCUT2D eigenvalue weighted by molar-refractivity contribution is -0.146. The number of benzene rings is 1. The van der Waals surface area contributed by atoms with Crippen molar-refractivity contribution in [1.29, 1.82) is 0 Å². The molecular weight excluding hydrogens is 289 g/mol. The maximum Gasteiger partial charge on any atom is 0.323 e. The van der Waals surface area contributed by atoms with Crippen LogP contribution in [-0.2, 0) is 16.1 Å². The number of ether oxygens (including phenoxy) is 1. The maximum atomic E-state index is 11.7. The number of hydrogen-bond acceptors (Lipinski definition) is 4. The van der Waals surface area contributed by atoms with Gasteiger partial charge in [-0.1, -0.05) is 23.2 Å². The summed E-state index contributed by atoms with van der Waals surface area (Å²) in [5.41, 5.74) is 0.831. The van der Waals surface area contributed by atoms with Crippen LogP contribution in [0.15, 0.2) is 18.2 Å². The number of likely N-dealkylation sites (tertiary alicyclic amines) is 1. The van der Waals surface area contributed by atoms with Gasteiger partial charge in [0.2, 0.25) is 0 Å². The van der Waals surface area contributed by atoms with Gasteiger partial charge in [-0.3, -0.25) is 9.69 Å². The Bertz CT molecular complexity index is 481. The van der Waals surface area contributed by atoms with Gasteiger partial charge in [-0.25, -0.2) is 0 Å². The normalized spacial score (nSPS) is 23.6. The first-order chi connectivity index (χ1) is 9.01. The minimum Gasteiger partial charge on any atom is -0.468 e. The van der Waals surface area contributed by atoms with Crippen LogP contribution < -0.4 is 0 Å². The molecule has 1 aromatic carbocycles. The van der Waals surface area contributed by atoms with E-state index in [1.54, 1.807) is 18.2 Å². The summed E-state index contributed by atoms with van der Waals surface area (Å²) in [6, 6.07) is 4.77. The van der Waals surface area contributed by atoms with Crippen LogP contribution in [0.2, 0.25) is 10.0 Å². The average Bonchev–Trinajstić information content (AvgIpc) is 2.74. The van der Waals surface area contributed by atoms with Gasteiger partial charge < -0.3 is 9.84 Å². The van der Waals surface area contributed by atoms with Gasteiger partial charge in [-0.05, 0) is 23.8 Å². The van der Waals surface area contributed by atoms with Crippen molar-refractivity contribution in [3.63, 3.8) is 0 Å². The molecule has 1 aliphatic rings. The Balaban J connectivity index is 2.16. The molecule has 1 aromatic rings. The number of nitrogens with zero attached hydrogens (tertiary/aromatic N) is 1. The van der Waals surface area contributed by atoms with Crippen molar-refractivity contribution in [2.75, 3.05) is 13.7 Å². The van der Waals surface area contributed by atoms with Crippen LogP contribution in [0.5, 0.6) is 0 Å². The summed E-state index contributed by atoms with van der Waals surface area (Å²) in [7, 11) is 1.34. The second-order valence-corrected chi connectivity index (χ2v) is 5.44. The van der Waals surface area contributed by atoms with E-state index in [1.165, 1.54) is 7.11 Å². The third-order valence-electron chi connectivity index (χ3n) is 3.24. The molecule has 1 aliphatic heterocycles. The molecule has 0 aliphatic carbocycles. The summed E-state index contributed by atoms with van der Waals surface area (Å²) in [5, 5.41) is 10.9. The Kier molecular flexibility index (Phi) is 4.68. The first-order valence-electron chi connectivity index (χ1n) is 5.95. The second kappa shape index (κ2) is 6.09. The topological polar surface area (TPSA) is 49.8 Å². The molecule has 0 radical (unpaired) electrons. The number of β-amino-alcohol motifs (C(OH)–C–C–N with tert-alkyl or cyclic N) is 1. The highest BCUT2D eigenvalue weighted by atomic mass is 35.5. The van der Waals surface area contributed by atoms with Crippen LogP contribution in [0.1, 0.15) is 12.0 Å². The molecule has 19 heavy (non-hydrogen) atoms. The standard InChI is InChI=1S/C13H15Cl2NO3/c1-19-13(18)12-5-10(17)7-16(12)6-8-4-9(14)2-3-11(8)15/h2-4,10,12,17H,5-7H2,1H3. The number of aliphatic hydroxyl groups excluding tert-OH is 1. The molecule has 1 N–H and O–H groups in total. The lowest BCUT2D eigenvalue weighted by Gasteiger charge is -2.22. The average molecular weight is 304 g/mol. The number of methoxy groups -OCH3 is 1. The predicted octanol–water partition coefficient (Wildman–Crippen LogP) is 2.10. The third kappa shape index (κ3) is 3.39. The summed E-state index contributed by atoms with van der Waals surface area (Å²) in [4.78, 5) is 13.5. The number of carbonyl (C=O) groups excluding carboxylic acids is 1. The molecule has 104 valence electrons. The molecule has 2 unspecified atom stereocenters. The summed E-state index contributed by atoms with van der Waals surface area (Å²) in [5.74, 6) is -0.338. The number of carbonyl (C=O) groups is 1. The van der Waals surface area contributed by atoms with Gasteiger partial charge in [0, 0.05) is 29.6 Å². The van der Waals surface area contributed by atoms with Crippen molar-refractivity contribution in [2.45, 2.75) is 25.1 Å². The number of halogens is 2. The third-order valence-corrected chi connectivity index (χ3v) is 3.84. The van der Waals surface area contributed by atoms with Crippen LogP contribution in [0, 0.1) is 0 Å². The molecule has 0 spiro atoms. The van der Waals surface area contributed by atoms with Gasteiger partial charge in [0.05, 0.1) is 13.2 Å². The maximum absolute atomic E-state index is 11.7. The van der Waals surface area contributed by atoms with E-state index in [1.807, 2.05) is 4.90 Å². The van der Waals surface area contributed by atoms with E-state index >= 15 is 0 Å². The van der Waals surface area contributed by atoms with Crippen molar-refractivity contribution >= 4 is 29.2 Å². The van der Waals surface area contributed by atoms with E-state index in [2.05, 4.69) is 0 Å². The lowest BCUT2D eigenvalue weighted by atomic mass is 10.1. The van der Waals surface area contributed by atoms with Crippen molar-refractivity contribution in [2.24, 2.45) is 0 Å². The largest absolute Gasteiger partial charge is 0.468 e. The summed E-state index contributed by atoms with van der Waals surface area (Å²) in [6.45, 7) is 0.874. The summed E-state index contributed by atoms with van der Waals surface area (Å²) < 4.78 is 4.75. The molecule has 6 heteroatoms. The number of rotatable bonds is 3. The number of aliphatic hydroxyl groups is 1. The number of esters is 1. The highest BCUT2D eigenvalue weighted by Crippen LogP contribution is 2.26. The molecular formula is C13H15Cl2NO3. The minimum atomic E-state index is -0.526. The minimum absolute atomic E-state index is 0.338. The highest BCUT2D eigenvalue weighted by Gasteiger charge is 2.36. The van der Waals surface area contributed by atoms with Gasteiger partial charge in [-0.2, -0.15) is 0 Å². The van der Waals surface area contributed by atoms with Crippen molar-refractivity contribution in [3.05, 3.63) is 33.8 Å². The zero-order chi connectivity index (χ0) is 14.0. The molecule has 1 fully saturated rings. The Labute approximate surface area is 121 Å². The highest BCUT2D eigenvalue weighted by molar-refractivity contribution is 6.33. The van der Waals surface area contributed by atoms with E-state index in [0.717, 1.165) is 5.56 Å². The fraction of sp³-hybridized carbons (Fsp3) is 0.462. The van der Waals surface area contributed by atoms with Gasteiger partial charge in [0.25, 0.3) is 0 Å². The summed E-state index contributed by atoms with van der Waals surface area (Å²) in [6.07, 6.45) is -0.146. The van der Waals surface area contributed by atoms with E-state index in [4.69, 9.17) is 27.9 Å². The van der Waals surface area contributed by atoms with Gasteiger partial charge >= 0.3 is 5.97 Å². The van der Waals surface area contributed by atoms with Crippen LogP contribution in [0.4, 0.5) is 0 Å². The van der Waals surface area contributed by atoms with Gasteiger partial charge in [-0.15, -0.1) is 0 Å². The van der Waals surface area contributed by atoms with Crippen LogP contribution in [0.3, 0.4) is 0 Å². The first kappa shape index (κ1) is 14.6. The molecule has 1 heterocycles. The van der Waals surface area contributed by atoms with Gasteiger partial charge in [0.1, 0.15) is 6.04 Å². The van der Waals surface area contributed by atoms with Crippen LogP contribution >= 0.6 is 23.2 Å². The zero-order valence-corrected chi connectivity index (χ0v) is 12.0. The summed E-state index contributed by atoms with van der Waals surface area (Å²) >= 11 is 12.0. The Morgan fingerprint density at radius 2 is 2.26 bits per heavy atom. The molecule has 0 saturated carbocycles. The zero-order valence-electron chi connectivity index (χ0n) is 10.5. The van der Waals surface area contributed by atoms with Crippen LogP contribution in [-0.4, -0.2) is 41.8 Å². The monoisotopic (exact) mass is 303 g/mol. The van der Waals surface area contributed by atoms with E-state index in [9.17, 15) is 9.90 Å². The van der Waals surface area contributed by atoms with E-state index in [0.29, 0.717) is 29.6 Å². The Hall–Kier alpha value is -0.810. The molecule has 2 rings (SSSR count). The SMILES string of the molecule is COC(=O)C1CC(O)CN1Cc1cc(Cl)ccc1Cl.